The summed E-state index contributed by atoms with van der Waals surface area (Å²) >= 11 is 1.61. The van der Waals surface area contributed by atoms with Gasteiger partial charge in [0.2, 0.25) is 0 Å². The highest BCUT2D eigenvalue weighted by atomic mass is 32.2. The molecule has 1 aliphatic rings. The summed E-state index contributed by atoms with van der Waals surface area (Å²) in [5.41, 5.74) is 10.4. The number of rotatable bonds is 7. The lowest BCUT2D eigenvalue weighted by atomic mass is 10.1. The summed E-state index contributed by atoms with van der Waals surface area (Å²) in [6.07, 6.45) is 0.714. The molecule has 33 heavy (non-hydrogen) atoms. The molecule has 0 radical (unpaired) electrons. The smallest absolute Gasteiger partial charge is 0.306 e. The van der Waals surface area contributed by atoms with Crippen molar-refractivity contribution in [3.8, 4) is 0 Å². The van der Waals surface area contributed by atoms with Gasteiger partial charge < -0.3 is 15.8 Å². The van der Waals surface area contributed by atoms with Crippen molar-refractivity contribution in [2.75, 3.05) is 12.3 Å². The molecular formula is C26H25N3O3S. The second-order valence-corrected chi connectivity index (χ2v) is 8.65. The summed E-state index contributed by atoms with van der Waals surface area (Å²) in [5.74, 6) is -0.421. The van der Waals surface area contributed by atoms with Crippen LogP contribution in [0.15, 0.2) is 81.5 Å². The summed E-state index contributed by atoms with van der Waals surface area (Å²) in [7, 11) is 0. The molecule has 3 N–H and O–H groups in total. The third-order valence-corrected chi connectivity index (χ3v) is 6.34. The van der Waals surface area contributed by atoms with Gasteiger partial charge in [0.15, 0.2) is 0 Å². The number of carbonyl (C=O) groups is 2. The van der Waals surface area contributed by atoms with Crippen molar-refractivity contribution < 1.29 is 14.3 Å². The number of nitrogens with zero attached hydrogens (tertiary/aromatic N) is 1. The third kappa shape index (κ3) is 5.62. The molecule has 0 aromatic heterocycles. The van der Waals surface area contributed by atoms with Crippen molar-refractivity contribution in [2.45, 2.75) is 36.1 Å². The van der Waals surface area contributed by atoms with Crippen molar-refractivity contribution in [1.82, 2.24) is 5.32 Å². The Labute approximate surface area is 197 Å². The molecule has 4 rings (SSSR count). The predicted molar refractivity (Wildman–Crippen MR) is 131 cm³/mol. The maximum absolute atomic E-state index is 12.8. The minimum atomic E-state index is -0.245. The van der Waals surface area contributed by atoms with Gasteiger partial charge in [-0.05, 0) is 48.9 Å². The van der Waals surface area contributed by atoms with E-state index in [0.717, 1.165) is 32.3 Å². The molecule has 0 saturated carbocycles. The minimum absolute atomic E-state index is 0.176. The first kappa shape index (κ1) is 22.6. The fraction of sp³-hybridized carbons (Fsp3) is 0.192. The third-order valence-electron chi connectivity index (χ3n) is 5.20. The summed E-state index contributed by atoms with van der Waals surface area (Å²) in [4.78, 5) is 31.6. The second kappa shape index (κ2) is 10.4. The van der Waals surface area contributed by atoms with Gasteiger partial charge in [0.05, 0.1) is 24.4 Å². The van der Waals surface area contributed by atoms with Crippen LogP contribution in [0.5, 0.6) is 0 Å². The Morgan fingerprint density at radius 3 is 2.61 bits per heavy atom. The normalized spacial score (nSPS) is 12.1. The van der Waals surface area contributed by atoms with Crippen LogP contribution in [0.25, 0.3) is 0 Å². The number of nitrogens with one attached hydrogen (secondary N) is 1. The van der Waals surface area contributed by atoms with E-state index in [1.54, 1.807) is 24.8 Å². The van der Waals surface area contributed by atoms with Crippen LogP contribution in [0.3, 0.4) is 0 Å². The predicted octanol–water partition coefficient (Wildman–Crippen LogP) is 5.13. The number of nitrogens with two attached hydrogens (primary N) is 1. The maximum atomic E-state index is 12.8. The Hall–Kier alpha value is -3.58. The topological polar surface area (TPSA) is 93.8 Å². The zero-order valence-corrected chi connectivity index (χ0v) is 19.2. The molecule has 0 fully saturated rings. The molecule has 168 valence electrons. The van der Waals surface area contributed by atoms with Crippen molar-refractivity contribution in [2.24, 2.45) is 4.99 Å². The van der Waals surface area contributed by atoms with E-state index in [1.165, 1.54) is 0 Å². The highest BCUT2D eigenvalue weighted by molar-refractivity contribution is 7.99. The van der Waals surface area contributed by atoms with E-state index in [9.17, 15) is 9.59 Å². The molecule has 0 bridgehead atoms. The Morgan fingerprint density at radius 2 is 1.82 bits per heavy atom. The SMILES string of the molecule is CCOC(=O)CCC1=Nc2cc(C(=O)NCc3ccc(N)cc3)ccc2Sc2ccccc21. The number of carbonyl (C=O) groups excluding carboxylic acids is 2. The van der Waals surface area contributed by atoms with Gasteiger partial charge in [-0.2, -0.15) is 0 Å². The van der Waals surface area contributed by atoms with Crippen LogP contribution in [0, 0.1) is 0 Å². The van der Waals surface area contributed by atoms with Crippen molar-refractivity contribution >= 4 is 40.7 Å². The van der Waals surface area contributed by atoms with Gasteiger partial charge in [0.1, 0.15) is 0 Å². The van der Waals surface area contributed by atoms with Crippen molar-refractivity contribution in [3.05, 3.63) is 83.4 Å². The van der Waals surface area contributed by atoms with Crippen LogP contribution in [0.2, 0.25) is 0 Å². The molecule has 0 saturated heterocycles. The van der Waals surface area contributed by atoms with Gasteiger partial charge in [-0.3, -0.25) is 14.6 Å². The van der Waals surface area contributed by atoms with Crippen molar-refractivity contribution in [3.63, 3.8) is 0 Å². The van der Waals surface area contributed by atoms with Crippen molar-refractivity contribution in [1.29, 1.82) is 0 Å². The molecule has 3 aromatic carbocycles. The number of esters is 1. The van der Waals surface area contributed by atoms with E-state index >= 15 is 0 Å². The van der Waals surface area contributed by atoms with E-state index in [-0.39, 0.29) is 18.3 Å². The number of hydrogen-bond acceptors (Lipinski definition) is 6. The number of aliphatic imine (C=N–C) groups is 1. The molecule has 0 atom stereocenters. The van der Waals surface area contributed by atoms with Crippen LogP contribution in [-0.4, -0.2) is 24.2 Å². The number of nitrogen functional groups attached to an aromatic ring is 1. The number of benzene rings is 3. The zero-order valence-electron chi connectivity index (χ0n) is 18.3. The molecule has 3 aromatic rings. The summed E-state index contributed by atoms with van der Waals surface area (Å²) < 4.78 is 5.08. The second-order valence-electron chi connectivity index (χ2n) is 7.57. The number of amides is 1. The lowest BCUT2D eigenvalue weighted by Gasteiger charge is -2.08. The molecular weight excluding hydrogens is 434 g/mol. The van der Waals surface area contributed by atoms with Gasteiger partial charge in [-0.15, -0.1) is 0 Å². The average molecular weight is 460 g/mol. The monoisotopic (exact) mass is 459 g/mol. The Morgan fingerprint density at radius 1 is 1.03 bits per heavy atom. The fourth-order valence-corrected chi connectivity index (χ4v) is 4.54. The lowest BCUT2D eigenvalue weighted by molar-refractivity contribution is -0.142. The van der Waals surface area contributed by atoms with Gasteiger partial charge >= 0.3 is 5.97 Å². The van der Waals surface area contributed by atoms with Gasteiger partial charge in [0.25, 0.3) is 5.91 Å². The van der Waals surface area contributed by atoms with Crippen LogP contribution in [0.1, 0.15) is 41.3 Å². The first-order valence-electron chi connectivity index (χ1n) is 10.8. The van der Waals surface area contributed by atoms with Crippen LogP contribution < -0.4 is 11.1 Å². The summed E-state index contributed by atoms with van der Waals surface area (Å²) in [6, 6.07) is 20.9. The number of fused-ring (bicyclic) bond motifs is 2. The minimum Gasteiger partial charge on any atom is -0.466 e. The molecule has 0 spiro atoms. The molecule has 0 unspecified atom stereocenters. The first-order chi connectivity index (χ1) is 16.0. The Kier molecular flexibility index (Phi) is 7.10. The highest BCUT2D eigenvalue weighted by Gasteiger charge is 2.19. The quantitative estimate of drug-likeness (QED) is 0.377. The number of ether oxygens (including phenoxy) is 1. The fourth-order valence-electron chi connectivity index (χ4n) is 3.51. The standard InChI is InChI=1S/C26H25N3O3S/c1-2-32-25(30)14-12-21-20-5-3-4-6-23(20)33-24-13-9-18(15-22(24)29-21)26(31)28-16-17-7-10-19(27)11-8-17/h3-11,13,15H,2,12,14,16,27H2,1H3,(H,28,31). The van der Waals surface area contributed by atoms with E-state index in [1.807, 2.05) is 60.7 Å². The lowest BCUT2D eigenvalue weighted by Crippen LogP contribution is -2.22. The molecule has 6 nitrogen and oxygen atoms in total. The van der Waals surface area contributed by atoms with Gasteiger partial charge in [-0.1, -0.05) is 42.1 Å². The first-order valence-corrected chi connectivity index (χ1v) is 11.6. The molecule has 1 aliphatic heterocycles. The van der Waals surface area contributed by atoms with E-state index < -0.39 is 0 Å². The summed E-state index contributed by atoms with van der Waals surface area (Å²) in [5, 5.41) is 2.94. The Balaban J connectivity index is 1.57. The number of anilines is 1. The van der Waals surface area contributed by atoms with Crippen LogP contribution >= 0.6 is 11.8 Å². The van der Waals surface area contributed by atoms with Crippen LogP contribution in [-0.2, 0) is 16.1 Å². The molecule has 1 heterocycles. The van der Waals surface area contributed by atoms with Gasteiger partial charge in [0, 0.05) is 39.6 Å². The zero-order chi connectivity index (χ0) is 23.2. The van der Waals surface area contributed by atoms with E-state index in [0.29, 0.717) is 30.8 Å². The molecule has 0 aliphatic carbocycles. The van der Waals surface area contributed by atoms with Crippen LogP contribution in [0.4, 0.5) is 11.4 Å². The summed E-state index contributed by atoms with van der Waals surface area (Å²) in [6.45, 7) is 2.56. The van der Waals surface area contributed by atoms with E-state index in [2.05, 4.69) is 5.32 Å². The maximum Gasteiger partial charge on any atom is 0.306 e. The largest absolute Gasteiger partial charge is 0.466 e. The van der Waals surface area contributed by atoms with Gasteiger partial charge in [-0.25, -0.2) is 0 Å². The molecule has 7 heteroatoms. The molecule has 1 amide bonds. The average Bonchev–Trinajstić information content (AvgIpc) is 2.98. The highest BCUT2D eigenvalue weighted by Crippen LogP contribution is 2.41. The number of hydrogen-bond donors (Lipinski definition) is 2. The Bertz CT molecular complexity index is 1210. The van der Waals surface area contributed by atoms with E-state index in [4.69, 9.17) is 15.5 Å².